The molecule has 0 radical (unpaired) electrons. The summed E-state index contributed by atoms with van der Waals surface area (Å²) in [4.78, 5) is 2.75. The maximum Gasteiger partial charge on any atom is 0.192 e. The van der Waals surface area contributed by atoms with Gasteiger partial charge in [0.15, 0.2) is 8.32 Å². The summed E-state index contributed by atoms with van der Waals surface area (Å²) in [5.41, 5.74) is 4.29. The molecule has 2 saturated heterocycles. The van der Waals surface area contributed by atoms with Crippen molar-refractivity contribution in [2.24, 2.45) is 0 Å². The summed E-state index contributed by atoms with van der Waals surface area (Å²) >= 11 is 0. The molecule has 2 heterocycles. The lowest BCUT2D eigenvalue weighted by molar-refractivity contribution is 0.0679. The molecular weight excluding hydrogens is 314 g/mol. The van der Waals surface area contributed by atoms with E-state index in [0.717, 1.165) is 6.04 Å². The zero-order chi connectivity index (χ0) is 17.1. The van der Waals surface area contributed by atoms with Gasteiger partial charge in [-0.15, -0.1) is 0 Å². The minimum Gasteiger partial charge on any atom is -0.410 e. The van der Waals surface area contributed by atoms with Gasteiger partial charge in [0, 0.05) is 12.6 Å². The molecule has 4 heteroatoms. The standard InChI is InChI=1S/C19H39NOSi2/c1-7-23(8-2,9-3)21-19-14-18-12-10-11-13-20(18)15-17(19)16-22(4,5)6/h16,18-19H,7-15H2,1-6H3/b17-16-/t18-,19-/m0/s1. The molecule has 0 aliphatic carbocycles. The van der Waals surface area contributed by atoms with E-state index in [9.17, 15) is 0 Å². The van der Waals surface area contributed by atoms with Crippen molar-refractivity contribution in [3.05, 3.63) is 11.3 Å². The Labute approximate surface area is 146 Å². The van der Waals surface area contributed by atoms with Gasteiger partial charge in [-0.25, -0.2) is 0 Å². The zero-order valence-electron chi connectivity index (χ0n) is 16.5. The topological polar surface area (TPSA) is 12.5 Å². The number of nitrogens with zero attached hydrogens (tertiary/aromatic N) is 1. The molecule has 2 atom stereocenters. The highest BCUT2D eigenvalue weighted by Gasteiger charge is 2.39. The summed E-state index contributed by atoms with van der Waals surface area (Å²) in [5, 5.41) is 0. The third kappa shape index (κ3) is 5.03. The van der Waals surface area contributed by atoms with E-state index < -0.39 is 16.4 Å². The Hall–Kier alpha value is 0.0938. The van der Waals surface area contributed by atoms with E-state index in [0.29, 0.717) is 6.10 Å². The molecule has 0 bridgehead atoms. The fraction of sp³-hybridized carbons (Fsp3) is 0.895. The molecule has 0 aromatic heterocycles. The monoisotopic (exact) mass is 353 g/mol. The number of fused-ring (bicyclic) bond motifs is 1. The Kier molecular flexibility index (Phi) is 6.74. The van der Waals surface area contributed by atoms with Crippen LogP contribution < -0.4 is 0 Å². The fourth-order valence-electron chi connectivity index (χ4n) is 4.39. The second kappa shape index (κ2) is 7.98. The average molecular weight is 354 g/mol. The number of hydrogen-bond donors (Lipinski definition) is 0. The predicted molar refractivity (Wildman–Crippen MR) is 107 cm³/mol. The normalized spacial score (nSPS) is 28.9. The molecule has 2 aliphatic rings. The highest BCUT2D eigenvalue weighted by molar-refractivity contribution is 6.81. The van der Waals surface area contributed by atoms with Crippen molar-refractivity contribution in [2.45, 2.75) is 96.4 Å². The first-order valence-corrected chi connectivity index (χ1v) is 16.1. The Balaban J connectivity index is 2.23. The molecule has 0 amide bonds. The van der Waals surface area contributed by atoms with Crippen molar-refractivity contribution >= 4 is 16.4 Å². The molecule has 0 unspecified atom stereocenters. The van der Waals surface area contributed by atoms with Crippen molar-refractivity contribution in [2.75, 3.05) is 13.1 Å². The van der Waals surface area contributed by atoms with E-state index in [1.165, 1.54) is 56.9 Å². The first-order valence-electron chi connectivity index (χ1n) is 9.96. The van der Waals surface area contributed by atoms with Crippen LogP contribution in [0.1, 0.15) is 46.5 Å². The molecule has 2 nitrogen and oxygen atoms in total. The summed E-state index contributed by atoms with van der Waals surface area (Å²) in [5.74, 6) is 0. The Morgan fingerprint density at radius 3 is 2.30 bits per heavy atom. The maximum absolute atomic E-state index is 7.00. The van der Waals surface area contributed by atoms with E-state index in [1.54, 1.807) is 5.57 Å². The van der Waals surface area contributed by atoms with E-state index in [-0.39, 0.29) is 0 Å². The summed E-state index contributed by atoms with van der Waals surface area (Å²) in [7, 11) is -2.72. The highest BCUT2D eigenvalue weighted by atomic mass is 28.4. The van der Waals surface area contributed by atoms with Crippen LogP contribution in [0.4, 0.5) is 0 Å². The van der Waals surface area contributed by atoms with Crippen molar-refractivity contribution in [3.63, 3.8) is 0 Å². The van der Waals surface area contributed by atoms with Gasteiger partial charge in [-0.2, -0.15) is 0 Å². The largest absolute Gasteiger partial charge is 0.410 e. The van der Waals surface area contributed by atoms with Crippen LogP contribution in [0.3, 0.4) is 0 Å². The molecule has 23 heavy (non-hydrogen) atoms. The van der Waals surface area contributed by atoms with Crippen LogP contribution in [0, 0.1) is 0 Å². The SMILES string of the molecule is CC[Si](CC)(CC)O[C@H]1C[C@@H]2CCCCN2C/C1=C/[Si](C)(C)C. The maximum atomic E-state index is 7.00. The Morgan fingerprint density at radius 1 is 1.09 bits per heavy atom. The van der Waals surface area contributed by atoms with Gasteiger partial charge < -0.3 is 4.43 Å². The summed E-state index contributed by atoms with van der Waals surface area (Å²) in [6.07, 6.45) is 5.87. The average Bonchev–Trinajstić information content (AvgIpc) is 2.51. The van der Waals surface area contributed by atoms with Crippen molar-refractivity contribution in [3.8, 4) is 0 Å². The van der Waals surface area contributed by atoms with Crippen LogP contribution in [-0.2, 0) is 4.43 Å². The molecule has 134 valence electrons. The van der Waals surface area contributed by atoms with Gasteiger partial charge in [-0.3, -0.25) is 4.90 Å². The molecule has 0 aromatic carbocycles. The lowest BCUT2D eigenvalue weighted by atomic mass is 9.89. The molecule has 0 spiro atoms. The fourth-order valence-corrected chi connectivity index (χ4v) is 8.63. The molecule has 2 aliphatic heterocycles. The van der Waals surface area contributed by atoms with E-state index in [2.05, 4.69) is 51.0 Å². The van der Waals surface area contributed by atoms with E-state index in [1.807, 2.05) is 0 Å². The summed E-state index contributed by atoms with van der Waals surface area (Å²) < 4.78 is 7.00. The van der Waals surface area contributed by atoms with Gasteiger partial charge in [0.1, 0.15) is 0 Å². The number of rotatable bonds is 6. The molecule has 0 aromatic rings. The quantitative estimate of drug-likeness (QED) is 0.590. The first-order chi connectivity index (χ1) is 10.8. The van der Waals surface area contributed by atoms with Crippen molar-refractivity contribution < 1.29 is 4.43 Å². The van der Waals surface area contributed by atoms with Crippen LogP contribution in [0.2, 0.25) is 37.8 Å². The van der Waals surface area contributed by atoms with Crippen LogP contribution in [0.15, 0.2) is 11.3 Å². The second-order valence-electron chi connectivity index (χ2n) is 8.79. The molecule has 2 rings (SSSR count). The van der Waals surface area contributed by atoms with Gasteiger partial charge in [0.25, 0.3) is 0 Å². The van der Waals surface area contributed by atoms with Crippen molar-refractivity contribution in [1.29, 1.82) is 0 Å². The van der Waals surface area contributed by atoms with Crippen LogP contribution in [-0.4, -0.2) is 46.5 Å². The van der Waals surface area contributed by atoms with Gasteiger partial charge in [-0.05, 0) is 49.5 Å². The van der Waals surface area contributed by atoms with Crippen LogP contribution in [0.25, 0.3) is 0 Å². The van der Waals surface area contributed by atoms with Crippen LogP contribution >= 0.6 is 0 Å². The predicted octanol–water partition coefficient (Wildman–Crippen LogP) is 5.44. The zero-order valence-corrected chi connectivity index (χ0v) is 18.5. The van der Waals surface area contributed by atoms with Crippen LogP contribution in [0.5, 0.6) is 0 Å². The summed E-state index contributed by atoms with van der Waals surface area (Å²) in [6, 6.07) is 4.59. The third-order valence-electron chi connectivity index (χ3n) is 5.98. The van der Waals surface area contributed by atoms with Gasteiger partial charge in [0.2, 0.25) is 0 Å². The lowest BCUT2D eigenvalue weighted by Crippen LogP contribution is -2.52. The third-order valence-corrected chi connectivity index (χ3v) is 11.9. The molecular formula is C19H39NOSi2. The number of hydrogen-bond acceptors (Lipinski definition) is 2. The molecule has 0 saturated carbocycles. The first kappa shape index (κ1) is 19.4. The van der Waals surface area contributed by atoms with E-state index in [4.69, 9.17) is 4.43 Å². The highest BCUT2D eigenvalue weighted by Crippen LogP contribution is 2.35. The molecule has 2 fully saturated rings. The number of piperidine rings is 2. The second-order valence-corrected chi connectivity index (χ2v) is 18.5. The minimum absolute atomic E-state index is 0.424. The van der Waals surface area contributed by atoms with Gasteiger partial charge in [-0.1, -0.05) is 52.5 Å². The van der Waals surface area contributed by atoms with Crippen molar-refractivity contribution in [1.82, 2.24) is 4.90 Å². The Bertz CT molecular complexity index is 404. The smallest absolute Gasteiger partial charge is 0.192 e. The van der Waals surface area contributed by atoms with E-state index >= 15 is 0 Å². The van der Waals surface area contributed by atoms with Gasteiger partial charge in [0.05, 0.1) is 14.2 Å². The Morgan fingerprint density at radius 2 is 1.74 bits per heavy atom. The molecule has 0 N–H and O–H groups in total. The van der Waals surface area contributed by atoms with Gasteiger partial charge >= 0.3 is 0 Å². The lowest BCUT2D eigenvalue weighted by Gasteiger charge is -2.46. The summed E-state index contributed by atoms with van der Waals surface area (Å²) in [6.45, 7) is 16.9. The minimum atomic E-state index is -1.52.